The summed E-state index contributed by atoms with van der Waals surface area (Å²) in [6.07, 6.45) is 4.67. The fourth-order valence-corrected chi connectivity index (χ4v) is 5.72. The normalized spacial score (nSPS) is 13.9. The minimum atomic E-state index is -3.48. The Labute approximate surface area is 202 Å². The summed E-state index contributed by atoms with van der Waals surface area (Å²) in [5.41, 5.74) is 7.80. The third-order valence-corrected chi connectivity index (χ3v) is 7.71. The molecule has 4 rings (SSSR count). The molecule has 0 spiro atoms. The third-order valence-electron chi connectivity index (χ3n) is 6.60. The Balaban J connectivity index is 1.48. The van der Waals surface area contributed by atoms with E-state index in [0.717, 1.165) is 35.1 Å². The first-order chi connectivity index (χ1) is 16.1. The molecule has 1 amide bonds. The van der Waals surface area contributed by atoms with Crippen LogP contribution in [0.15, 0.2) is 60.7 Å². The first-order valence-corrected chi connectivity index (χ1v) is 13.5. The van der Waals surface area contributed by atoms with Crippen LogP contribution in [0, 0.1) is 13.8 Å². The number of benzene rings is 3. The topological polar surface area (TPSA) is 66.5 Å². The molecule has 1 aliphatic rings. The molecule has 0 aromatic heterocycles. The van der Waals surface area contributed by atoms with Crippen molar-refractivity contribution in [2.45, 2.75) is 52.6 Å². The van der Waals surface area contributed by atoms with Gasteiger partial charge in [0.25, 0.3) is 5.91 Å². The predicted molar refractivity (Wildman–Crippen MR) is 138 cm³/mol. The van der Waals surface area contributed by atoms with Crippen LogP contribution in [0.4, 0.5) is 5.69 Å². The molecular weight excluding hydrogens is 444 g/mol. The molecular formula is C28H32N2O3S. The highest BCUT2D eigenvalue weighted by atomic mass is 32.2. The summed E-state index contributed by atoms with van der Waals surface area (Å²) in [5, 5.41) is 3.08. The van der Waals surface area contributed by atoms with Gasteiger partial charge in [0.05, 0.1) is 24.5 Å². The molecule has 0 radical (unpaired) electrons. The van der Waals surface area contributed by atoms with Crippen LogP contribution in [0.3, 0.4) is 0 Å². The van der Waals surface area contributed by atoms with E-state index in [9.17, 15) is 13.2 Å². The number of hydrogen-bond acceptors (Lipinski definition) is 3. The van der Waals surface area contributed by atoms with Gasteiger partial charge in [-0.25, -0.2) is 8.42 Å². The molecule has 1 N–H and O–H groups in total. The summed E-state index contributed by atoms with van der Waals surface area (Å²) in [6, 6.07) is 19.3. The second-order valence-electron chi connectivity index (χ2n) is 9.28. The van der Waals surface area contributed by atoms with Gasteiger partial charge in [-0.15, -0.1) is 0 Å². The number of carbonyl (C=O) groups is 1. The summed E-state index contributed by atoms with van der Waals surface area (Å²) in [4.78, 5) is 12.8. The van der Waals surface area contributed by atoms with E-state index < -0.39 is 10.0 Å². The lowest BCUT2D eigenvalue weighted by atomic mass is 10.0. The number of nitrogens with zero attached hydrogens (tertiary/aromatic N) is 1. The van der Waals surface area contributed by atoms with Gasteiger partial charge < -0.3 is 5.32 Å². The van der Waals surface area contributed by atoms with E-state index in [2.05, 4.69) is 23.5 Å². The highest BCUT2D eigenvalue weighted by molar-refractivity contribution is 7.92. The van der Waals surface area contributed by atoms with E-state index in [1.807, 2.05) is 51.1 Å². The van der Waals surface area contributed by atoms with Crippen LogP contribution < -0.4 is 9.62 Å². The average Bonchev–Trinajstić information content (AvgIpc) is 3.26. The fraction of sp³-hybridized carbons (Fsp3) is 0.321. The Morgan fingerprint density at radius 3 is 2.26 bits per heavy atom. The average molecular weight is 477 g/mol. The monoisotopic (exact) mass is 476 g/mol. The zero-order valence-corrected chi connectivity index (χ0v) is 21.1. The summed E-state index contributed by atoms with van der Waals surface area (Å²) in [5.74, 6) is -0.144. The first kappa shape index (κ1) is 24.0. The van der Waals surface area contributed by atoms with E-state index in [1.54, 1.807) is 12.1 Å². The van der Waals surface area contributed by atoms with Crippen LogP contribution in [0.1, 0.15) is 63.1 Å². The fourth-order valence-electron chi connectivity index (χ4n) is 4.71. The summed E-state index contributed by atoms with van der Waals surface area (Å²) in [6.45, 7) is 6.03. The molecule has 178 valence electrons. The number of amides is 1. The lowest BCUT2D eigenvalue weighted by Gasteiger charge is -2.26. The van der Waals surface area contributed by atoms with Gasteiger partial charge in [0.2, 0.25) is 10.0 Å². The summed E-state index contributed by atoms with van der Waals surface area (Å²) >= 11 is 0. The van der Waals surface area contributed by atoms with Gasteiger partial charge in [0.1, 0.15) is 0 Å². The minimum Gasteiger partial charge on any atom is -0.346 e. The van der Waals surface area contributed by atoms with Crippen LogP contribution in [0.2, 0.25) is 0 Å². The van der Waals surface area contributed by atoms with Crippen molar-refractivity contribution in [3.05, 3.63) is 99.6 Å². The lowest BCUT2D eigenvalue weighted by molar-refractivity contribution is 0.0940. The van der Waals surface area contributed by atoms with Crippen molar-refractivity contribution in [2.24, 2.45) is 0 Å². The van der Waals surface area contributed by atoms with Crippen molar-refractivity contribution in [1.29, 1.82) is 0 Å². The predicted octanol–water partition coefficient (Wildman–Crippen LogP) is 5.25. The maximum atomic E-state index is 12.8. The van der Waals surface area contributed by atoms with Crippen molar-refractivity contribution < 1.29 is 13.2 Å². The standard InChI is InChI=1S/C28H32N2O3S/c1-19-7-5-8-20(2)27(19)30(34(4,32)33)18-22-11-13-24(14-12-22)28(31)29-21(3)25-16-15-23-9-6-10-26(23)17-25/h5,7-8,11-17,21H,6,9-10,18H2,1-4H3,(H,29,31)/t21-/m0/s1. The third kappa shape index (κ3) is 5.17. The molecule has 0 unspecified atom stereocenters. The number of rotatable bonds is 7. The highest BCUT2D eigenvalue weighted by Crippen LogP contribution is 2.29. The zero-order valence-electron chi connectivity index (χ0n) is 20.3. The molecule has 0 saturated heterocycles. The molecule has 6 heteroatoms. The van der Waals surface area contributed by atoms with Gasteiger partial charge in [0, 0.05) is 5.56 Å². The molecule has 0 bridgehead atoms. The second kappa shape index (κ2) is 9.63. The van der Waals surface area contributed by atoms with Gasteiger partial charge in [-0.2, -0.15) is 0 Å². The number of nitrogens with one attached hydrogen (secondary N) is 1. The lowest BCUT2D eigenvalue weighted by Crippen LogP contribution is -2.30. The van der Waals surface area contributed by atoms with E-state index in [1.165, 1.54) is 28.1 Å². The molecule has 3 aromatic carbocycles. The number of para-hydroxylation sites is 1. The van der Waals surface area contributed by atoms with Gasteiger partial charge in [-0.1, -0.05) is 48.5 Å². The number of carbonyl (C=O) groups excluding carboxylic acids is 1. The highest BCUT2D eigenvalue weighted by Gasteiger charge is 2.22. The maximum Gasteiger partial charge on any atom is 0.251 e. The first-order valence-electron chi connectivity index (χ1n) is 11.7. The quantitative estimate of drug-likeness (QED) is 0.507. The van der Waals surface area contributed by atoms with E-state index >= 15 is 0 Å². The molecule has 1 aliphatic carbocycles. The SMILES string of the molecule is Cc1cccc(C)c1N(Cc1ccc(C(=O)N[C@@H](C)c2ccc3c(c2)CCC3)cc1)S(C)(=O)=O. The minimum absolute atomic E-state index is 0.0946. The number of hydrogen-bond donors (Lipinski definition) is 1. The largest absolute Gasteiger partial charge is 0.346 e. The second-order valence-corrected chi connectivity index (χ2v) is 11.2. The molecule has 3 aromatic rings. The van der Waals surface area contributed by atoms with Crippen LogP contribution in [-0.2, 0) is 29.4 Å². The Bertz CT molecular complexity index is 1290. The summed E-state index contributed by atoms with van der Waals surface area (Å²) < 4.78 is 26.6. The Morgan fingerprint density at radius 1 is 0.971 bits per heavy atom. The number of aryl methyl sites for hydroxylation is 4. The van der Waals surface area contributed by atoms with Gasteiger partial charge in [0.15, 0.2) is 0 Å². The number of fused-ring (bicyclic) bond motifs is 1. The van der Waals surface area contributed by atoms with Crippen LogP contribution in [-0.4, -0.2) is 20.6 Å². The molecule has 5 nitrogen and oxygen atoms in total. The van der Waals surface area contributed by atoms with Crippen molar-refractivity contribution in [3.63, 3.8) is 0 Å². The smallest absolute Gasteiger partial charge is 0.251 e. The number of sulfonamides is 1. The maximum absolute atomic E-state index is 12.8. The molecule has 0 saturated carbocycles. The van der Waals surface area contributed by atoms with E-state index in [-0.39, 0.29) is 18.5 Å². The molecule has 0 heterocycles. The number of anilines is 1. The Morgan fingerprint density at radius 2 is 1.62 bits per heavy atom. The molecule has 1 atom stereocenters. The molecule has 0 aliphatic heterocycles. The molecule has 0 fully saturated rings. The van der Waals surface area contributed by atoms with Crippen LogP contribution >= 0.6 is 0 Å². The van der Waals surface area contributed by atoms with Gasteiger partial charge >= 0.3 is 0 Å². The van der Waals surface area contributed by atoms with Crippen molar-refractivity contribution in [1.82, 2.24) is 5.32 Å². The molecule has 34 heavy (non-hydrogen) atoms. The van der Waals surface area contributed by atoms with Crippen molar-refractivity contribution in [2.75, 3.05) is 10.6 Å². The van der Waals surface area contributed by atoms with E-state index in [0.29, 0.717) is 11.3 Å². The van der Waals surface area contributed by atoms with Crippen LogP contribution in [0.25, 0.3) is 0 Å². The van der Waals surface area contributed by atoms with Gasteiger partial charge in [-0.05, 0) is 85.5 Å². The Kier molecular flexibility index (Phi) is 6.80. The van der Waals surface area contributed by atoms with Crippen LogP contribution in [0.5, 0.6) is 0 Å². The summed E-state index contributed by atoms with van der Waals surface area (Å²) in [7, 11) is -3.48. The Hall–Kier alpha value is -3.12. The van der Waals surface area contributed by atoms with Crippen molar-refractivity contribution >= 4 is 21.6 Å². The van der Waals surface area contributed by atoms with E-state index in [4.69, 9.17) is 0 Å². The zero-order chi connectivity index (χ0) is 24.5. The van der Waals surface area contributed by atoms with Gasteiger partial charge in [-0.3, -0.25) is 9.10 Å². The van der Waals surface area contributed by atoms with Crippen molar-refractivity contribution in [3.8, 4) is 0 Å².